The van der Waals surface area contributed by atoms with E-state index in [1.165, 1.54) is 44.3 Å². The van der Waals surface area contributed by atoms with Crippen LogP contribution in [0.5, 0.6) is 0 Å². The number of aryl methyl sites for hydroxylation is 1. The van der Waals surface area contributed by atoms with Crippen LogP contribution in [-0.4, -0.2) is 24.0 Å². The van der Waals surface area contributed by atoms with Crippen LogP contribution in [0.3, 0.4) is 0 Å². The average Bonchev–Trinajstić information content (AvgIpc) is 3.14. The van der Waals surface area contributed by atoms with Crippen molar-refractivity contribution in [3.05, 3.63) is 35.4 Å². The minimum Gasteiger partial charge on any atom is -0.300 e. The van der Waals surface area contributed by atoms with E-state index in [1.807, 2.05) is 0 Å². The van der Waals surface area contributed by atoms with Gasteiger partial charge in [-0.05, 0) is 56.2 Å². The maximum atomic E-state index is 2.72. The lowest BCUT2D eigenvalue weighted by atomic mass is 9.88. The van der Waals surface area contributed by atoms with Gasteiger partial charge >= 0.3 is 0 Å². The smallest absolute Gasteiger partial charge is 0.00966 e. The fourth-order valence-corrected chi connectivity index (χ4v) is 3.08. The Kier molecular flexibility index (Phi) is 2.72. The second kappa shape index (κ2) is 4.21. The first kappa shape index (κ1) is 10.3. The Bertz CT molecular complexity index is 367. The Morgan fingerprint density at radius 1 is 1.12 bits per heavy atom. The zero-order valence-electron chi connectivity index (χ0n) is 10.2. The maximum absolute atomic E-state index is 2.72. The van der Waals surface area contributed by atoms with Crippen molar-refractivity contribution in [1.29, 1.82) is 0 Å². The molecule has 1 aliphatic heterocycles. The lowest BCUT2D eigenvalue weighted by Crippen LogP contribution is -2.36. The molecule has 0 aromatic heterocycles. The van der Waals surface area contributed by atoms with Gasteiger partial charge in [0, 0.05) is 12.6 Å². The molecule has 1 nitrogen and oxygen atoms in total. The highest BCUT2D eigenvalue weighted by molar-refractivity contribution is 5.29. The van der Waals surface area contributed by atoms with Gasteiger partial charge in [0.1, 0.15) is 0 Å². The Balaban J connectivity index is 1.76. The summed E-state index contributed by atoms with van der Waals surface area (Å²) in [4.78, 5) is 2.72. The monoisotopic (exact) mass is 215 g/mol. The third-order valence-corrected chi connectivity index (χ3v) is 4.14. The summed E-state index contributed by atoms with van der Waals surface area (Å²) in [7, 11) is 0. The summed E-state index contributed by atoms with van der Waals surface area (Å²) in [5.74, 6) is 0.788. The number of likely N-dealkylation sites (tertiary alicyclic amines) is 1. The molecule has 16 heavy (non-hydrogen) atoms. The van der Waals surface area contributed by atoms with Crippen LogP contribution in [0.25, 0.3) is 0 Å². The lowest BCUT2D eigenvalue weighted by Gasteiger charge is -2.33. The van der Waals surface area contributed by atoms with E-state index in [0.29, 0.717) is 0 Å². The number of benzene rings is 1. The highest BCUT2D eigenvalue weighted by Crippen LogP contribution is 2.35. The summed E-state index contributed by atoms with van der Waals surface area (Å²) in [6.07, 6.45) is 5.66. The summed E-state index contributed by atoms with van der Waals surface area (Å²) in [6.45, 7) is 4.90. The van der Waals surface area contributed by atoms with Crippen molar-refractivity contribution in [2.24, 2.45) is 0 Å². The van der Waals surface area contributed by atoms with Crippen LogP contribution in [0.2, 0.25) is 0 Å². The van der Waals surface area contributed by atoms with Crippen LogP contribution in [0.15, 0.2) is 24.3 Å². The minimum absolute atomic E-state index is 0.788. The first-order valence-electron chi connectivity index (χ1n) is 6.64. The van der Waals surface area contributed by atoms with E-state index in [9.17, 15) is 0 Å². The van der Waals surface area contributed by atoms with Crippen molar-refractivity contribution in [2.45, 2.75) is 44.6 Å². The molecular formula is C15H21N. The van der Waals surface area contributed by atoms with E-state index in [-0.39, 0.29) is 0 Å². The lowest BCUT2D eigenvalue weighted by molar-refractivity contribution is 0.198. The van der Waals surface area contributed by atoms with Gasteiger partial charge in [-0.15, -0.1) is 0 Å². The third-order valence-electron chi connectivity index (χ3n) is 4.14. The van der Waals surface area contributed by atoms with Gasteiger partial charge in [-0.3, -0.25) is 4.90 Å². The molecule has 1 saturated carbocycles. The fourth-order valence-electron chi connectivity index (χ4n) is 3.08. The summed E-state index contributed by atoms with van der Waals surface area (Å²) in [6, 6.07) is 9.87. The summed E-state index contributed by atoms with van der Waals surface area (Å²) < 4.78 is 0. The minimum atomic E-state index is 0.788. The molecule has 86 valence electrons. The topological polar surface area (TPSA) is 3.24 Å². The van der Waals surface area contributed by atoms with Gasteiger partial charge in [0.15, 0.2) is 0 Å². The molecule has 1 heterocycles. The summed E-state index contributed by atoms with van der Waals surface area (Å²) in [5, 5.41) is 0. The Morgan fingerprint density at radius 2 is 1.94 bits per heavy atom. The predicted molar refractivity (Wildman–Crippen MR) is 67.7 cm³/mol. The van der Waals surface area contributed by atoms with Gasteiger partial charge in [-0.2, -0.15) is 0 Å². The van der Waals surface area contributed by atoms with Crippen LogP contribution in [0.4, 0.5) is 0 Å². The van der Waals surface area contributed by atoms with Gasteiger partial charge < -0.3 is 0 Å². The van der Waals surface area contributed by atoms with E-state index in [4.69, 9.17) is 0 Å². The predicted octanol–water partition coefficient (Wildman–Crippen LogP) is 3.34. The molecule has 1 atom stereocenters. The largest absolute Gasteiger partial charge is 0.300 e. The van der Waals surface area contributed by atoms with E-state index < -0.39 is 0 Å². The molecule has 2 fully saturated rings. The Morgan fingerprint density at radius 3 is 2.69 bits per heavy atom. The van der Waals surface area contributed by atoms with Gasteiger partial charge in [-0.1, -0.05) is 24.3 Å². The first-order valence-corrected chi connectivity index (χ1v) is 6.64. The molecule has 1 unspecified atom stereocenters. The molecular weight excluding hydrogens is 194 g/mol. The highest BCUT2D eigenvalue weighted by Gasteiger charge is 2.33. The number of rotatable bonds is 2. The average molecular weight is 215 g/mol. The van der Waals surface area contributed by atoms with Crippen molar-refractivity contribution in [2.75, 3.05) is 13.1 Å². The number of nitrogens with zero attached hydrogens (tertiary/aromatic N) is 1. The van der Waals surface area contributed by atoms with Gasteiger partial charge in [0.25, 0.3) is 0 Å². The second-order valence-corrected chi connectivity index (χ2v) is 5.42. The molecule has 2 aliphatic rings. The number of hydrogen-bond donors (Lipinski definition) is 0. The standard InChI is InChI=1S/C15H21N/c1-12-5-2-3-7-15(12)13-6-4-10-16(11-13)14-8-9-14/h2-3,5,7,13-14H,4,6,8-11H2,1H3. The molecule has 1 heteroatoms. The van der Waals surface area contributed by atoms with E-state index in [0.717, 1.165) is 12.0 Å². The van der Waals surface area contributed by atoms with Crippen molar-refractivity contribution in [1.82, 2.24) is 4.90 Å². The van der Waals surface area contributed by atoms with Crippen LogP contribution in [0, 0.1) is 6.92 Å². The summed E-state index contributed by atoms with van der Waals surface area (Å²) in [5.41, 5.74) is 3.07. The number of hydrogen-bond acceptors (Lipinski definition) is 1. The normalized spacial score (nSPS) is 26.9. The zero-order chi connectivity index (χ0) is 11.0. The molecule has 0 N–H and O–H groups in total. The van der Waals surface area contributed by atoms with Crippen LogP contribution in [-0.2, 0) is 0 Å². The van der Waals surface area contributed by atoms with Gasteiger partial charge in [-0.25, -0.2) is 0 Å². The quantitative estimate of drug-likeness (QED) is 0.731. The second-order valence-electron chi connectivity index (χ2n) is 5.42. The van der Waals surface area contributed by atoms with Crippen molar-refractivity contribution in [3.8, 4) is 0 Å². The molecule has 0 radical (unpaired) electrons. The highest BCUT2D eigenvalue weighted by atomic mass is 15.2. The van der Waals surface area contributed by atoms with Crippen LogP contribution in [0.1, 0.15) is 42.7 Å². The van der Waals surface area contributed by atoms with E-state index in [1.54, 1.807) is 5.56 Å². The van der Waals surface area contributed by atoms with E-state index >= 15 is 0 Å². The fraction of sp³-hybridized carbons (Fsp3) is 0.600. The molecule has 1 aromatic rings. The van der Waals surface area contributed by atoms with Crippen molar-refractivity contribution < 1.29 is 0 Å². The Hall–Kier alpha value is -0.820. The molecule has 1 saturated heterocycles. The molecule has 0 bridgehead atoms. The van der Waals surface area contributed by atoms with Crippen molar-refractivity contribution in [3.63, 3.8) is 0 Å². The first-order chi connectivity index (χ1) is 7.84. The van der Waals surface area contributed by atoms with Gasteiger partial charge in [0.2, 0.25) is 0 Å². The molecule has 0 amide bonds. The molecule has 1 aromatic carbocycles. The van der Waals surface area contributed by atoms with Crippen molar-refractivity contribution >= 4 is 0 Å². The molecule has 3 rings (SSSR count). The zero-order valence-corrected chi connectivity index (χ0v) is 10.2. The molecule has 1 aliphatic carbocycles. The SMILES string of the molecule is Cc1ccccc1C1CCCN(C2CC2)C1. The molecule has 0 spiro atoms. The Labute approximate surface area is 98.5 Å². The van der Waals surface area contributed by atoms with Crippen LogP contribution >= 0.6 is 0 Å². The maximum Gasteiger partial charge on any atom is 0.00966 e. The van der Waals surface area contributed by atoms with Gasteiger partial charge in [0.05, 0.1) is 0 Å². The van der Waals surface area contributed by atoms with Crippen LogP contribution < -0.4 is 0 Å². The number of piperidine rings is 1. The third kappa shape index (κ3) is 2.01. The summed E-state index contributed by atoms with van der Waals surface area (Å²) >= 11 is 0. The van der Waals surface area contributed by atoms with E-state index in [2.05, 4.69) is 36.1 Å².